The Labute approximate surface area is 225 Å². The van der Waals surface area contributed by atoms with Crippen molar-refractivity contribution in [2.45, 2.75) is 51.1 Å². The summed E-state index contributed by atoms with van der Waals surface area (Å²) < 4.78 is 10.9. The standard InChI is InChI=1S/C32H36N2O4/c1-22(35)34(21-23-9-5-4-6-10-23)32(31(36)33-29-14-13-28(37-2)19-30(29)38-3)16-15-26-17-24-11-7-8-12-25(24)18-27(26)20-32/h4-14,19,26-27H,15-18,20-21H2,1-3H3,(H,33,36)/t26-,27-,32-/m0/s1. The predicted molar refractivity (Wildman–Crippen MR) is 148 cm³/mol. The molecule has 1 saturated carbocycles. The van der Waals surface area contributed by atoms with Gasteiger partial charge in [0.05, 0.1) is 19.9 Å². The molecular formula is C32H36N2O4. The second kappa shape index (κ2) is 10.9. The Morgan fingerprint density at radius 1 is 0.921 bits per heavy atom. The topological polar surface area (TPSA) is 67.9 Å². The van der Waals surface area contributed by atoms with Gasteiger partial charge < -0.3 is 19.7 Å². The quantitative estimate of drug-likeness (QED) is 0.445. The van der Waals surface area contributed by atoms with Crippen LogP contribution in [0.2, 0.25) is 0 Å². The monoisotopic (exact) mass is 512 g/mol. The Morgan fingerprint density at radius 3 is 2.26 bits per heavy atom. The third-order valence-electron chi connectivity index (χ3n) is 8.44. The molecule has 0 bridgehead atoms. The van der Waals surface area contributed by atoms with Gasteiger partial charge in [-0.1, -0.05) is 54.6 Å². The molecule has 198 valence electrons. The lowest BCUT2D eigenvalue weighted by molar-refractivity contribution is -0.149. The number of rotatable bonds is 7. The number of ether oxygens (including phenoxy) is 2. The molecule has 2 aliphatic rings. The lowest BCUT2D eigenvalue weighted by atomic mass is 9.62. The number of nitrogens with zero attached hydrogens (tertiary/aromatic N) is 1. The first kappa shape index (κ1) is 25.8. The lowest BCUT2D eigenvalue weighted by Crippen LogP contribution is -2.61. The normalized spacial score (nSPS) is 22.0. The molecule has 0 heterocycles. The van der Waals surface area contributed by atoms with Crippen LogP contribution < -0.4 is 14.8 Å². The number of benzene rings is 3. The van der Waals surface area contributed by atoms with E-state index in [1.165, 1.54) is 11.1 Å². The maximum absolute atomic E-state index is 14.4. The van der Waals surface area contributed by atoms with Gasteiger partial charge in [-0.15, -0.1) is 0 Å². The number of carbonyl (C=O) groups excluding carboxylic acids is 2. The van der Waals surface area contributed by atoms with Crippen molar-refractivity contribution in [1.82, 2.24) is 4.90 Å². The fourth-order valence-electron chi connectivity index (χ4n) is 6.44. The molecule has 2 amide bonds. The molecule has 5 rings (SSSR count). The molecule has 0 spiro atoms. The minimum atomic E-state index is -0.972. The summed E-state index contributed by atoms with van der Waals surface area (Å²) in [6, 6.07) is 23.9. The molecule has 0 radical (unpaired) electrons. The number of methoxy groups -OCH3 is 2. The smallest absolute Gasteiger partial charge is 0.250 e. The van der Waals surface area contributed by atoms with E-state index in [-0.39, 0.29) is 11.8 Å². The Balaban J connectivity index is 1.52. The van der Waals surface area contributed by atoms with Crippen LogP contribution in [0.4, 0.5) is 5.69 Å². The van der Waals surface area contributed by atoms with E-state index in [1.54, 1.807) is 39.3 Å². The van der Waals surface area contributed by atoms with Crippen LogP contribution in [-0.4, -0.2) is 36.5 Å². The Morgan fingerprint density at radius 2 is 1.61 bits per heavy atom. The van der Waals surface area contributed by atoms with Crippen LogP contribution in [0.15, 0.2) is 72.8 Å². The number of nitrogens with one attached hydrogen (secondary N) is 1. The second-order valence-electron chi connectivity index (χ2n) is 10.6. The van der Waals surface area contributed by atoms with Gasteiger partial charge in [0.2, 0.25) is 11.8 Å². The van der Waals surface area contributed by atoms with E-state index in [4.69, 9.17) is 9.47 Å². The SMILES string of the molecule is COc1ccc(NC(=O)[C@]2(N(Cc3ccccc3)C(C)=O)CC[C@H]3Cc4ccccc4C[C@H]3C2)c(OC)c1. The van der Waals surface area contributed by atoms with E-state index >= 15 is 0 Å². The minimum Gasteiger partial charge on any atom is -0.497 e. The van der Waals surface area contributed by atoms with Gasteiger partial charge in [0.15, 0.2) is 0 Å². The molecule has 0 aliphatic heterocycles. The van der Waals surface area contributed by atoms with Crippen molar-refractivity contribution in [2.24, 2.45) is 11.8 Å². The summed E-state index contributed by atoms with van der Waals surface area (Å²) in [6.07, 6.45) is 4.10. The van der Waals surface area contributed by atoms with Gasteiger partial charge in [-0.3, -0.25) is 9.59 Å². The highest BCUT2D eigenvalue weighted by atomic mass is 16.5. The highest BCUT2D eigenvalue weighted by Gasteiger charge is 2.51. The number of anilines is 1. The third-order valence-corrected chi connectivity index (χ3v) is 8.44. The average Bonchev–Trinajstić information content (AvgIpc) is 2.95. The van der Waals surface area contributed by atoms with Crippen molar-refractivity contribution >= 4 is 17.5 Å². The summed E-state index contributed by atoms with van der Waals surface area (Å²) in [5.74, 6) is 1.73. The second-order valence-corrected chi connectivity index (χ2v) is 10.6. The molecule has 3 atom stereocenters. The van der Waals surface area contributed by atoms with Crippen LogP contribution in [0, 0.1) is 11.8 Å². The maximum atomic E-state index is 14.4. The summed E-state index contributed by atoms with van der Waals surface area (Å²) in [6.45, 7) is 1.96. The van der Waals surface area contributed by atoms with Crippen molar-refractivity contribution in [3.8, 4) is 11.5 Å². The van der Waals surface area contributed by atoms with Crippen molar-refractivity contribution in [1.29, 1.82) is 0 Å². The average molecular weight is 513 g/mol. The zero-order valence-electron chi connectivity index (χ0n) is 22.4. The molecule has 1 fully saturated rings. The van der Waals surface area contributed by atoms with E-state index in [2.05, 4.69) is 29.6 Å². The first-order chi connectivity index (χ1) is 18.4. The number of hydrogen-bond acceptors (Lipinski definition) is 4. The first-order valence-corrected chi connectivity index (χ1v) is 13.4. The van der Waals surface area contributed by atoms with Gasteiger partial charge in [-0.05, 0) is 72.8 Å². The van der Waals surface area contributed by atoms with Crippen LogP contribution in [0.25, 0.3) is 0 Å². The van der Waals surface area contributed by atoms with Gasteiger partial charge in [-0.25, -0.2) is 0 Å². The van der Waals surface area contributed by atoms with Crippen molar-refractivity contribution in [3.63, 3.8) is 0 Å². The van der Waals surface area contributed by atoms with Crippen molar-refractivity contribution in [3.05, 3.63) is 89.5 Å². The molecule has 2 aliphatic carbocycles. The fraction of sp³-hybridized carbons (Fsp3) is 0.375. The fourth-order valence-corrected chi connectivity index (χ4v) is 6.44. The van der Waals surface area contributed by atoms with Gasteiger partial charge >= 0.3 is 0 Å². The van der Waals surface area contributed by atoms with Crippen LogP contribution >= 0.6 is 0 Å². The summed E-state index contributed by atoms with van der Waals surface area (Å²) in [5, 5.41) is 3.15. The molecule has 6 nitrogen and oxygen atoms in total. The zero-order chi connectivity index (χ0) is 26.7. The number of carbonyl (C=O) groups is 2. The van der Waals surface area contributed by atoms with Crippen molar-refractivity contribution < 1.29 is 19.1 Å². The Bertz CT molecular complexity index is 1310. The lowest BCUT2D eigenvalue weighted by Gasteiger charge is -2.50. The molecule has 1 N–H and O–H groups in total. The van der Waals surface area contributed by atoms with Crippen molar-refractivity contribution in [2.75, 3.05) is 19.5 Å². The Hall–Kier alpha value is -3.80. The van der Waals surface area contributed by atoms with Gasteiger partial charge in [0.1, 0.15) is 17.0 Å². The molecule has 0 unspecified atom stereocenters. The molecule has 6 heteroatoms. The van der Waals surface area contributed by atoms with Gasteiger partial charge in [0.25, 0.3) is 0 Å². The van der Waals surface area contributed by atoms with Crippen LogP contribution in [0.5, 0.6) is 11.5 Å². The highest BCUT2D eigenvalue weighted by molar-refractivity contribution is 6.01. The predicted octanol–water partition coefficient (Wildman–Crippen LogP) is 5.64. The first-order valence-electron chi connectivity index (χ1n) is 13.4. The van der Waals surface area contributed by atoms with Gasteiger partial charge in [-0.2, -0.15) is 0 Å². The zero-order valence-corrected chi connectivity index (χ0v) is 22.4. The largest absolute Gasteiger partial charge is 0.497 e. The summed E-state index contributed by atoms with van der Waals surface area (Å²) >= 11 is 0. The highest BCUT2D eigenvalue weighted by Crippen LogP contribution is 2.47. The number of hydrogen-bond donors (Lipinski definition) is 1. The minimum absolute atomic E-state index is 0.0969. The molecule has 3 aromatic rings. The van der Waals surface area contributed by atoms with E-state index in [0.29, 0.717) is 48.4 Å². The van der Waals surface area contributed by atoms with Crippen LogP contribution in [0.1, 0.15) is 42.9 Å². The van der Waals surface area contributed by atoms with Crippen LogP contribution in [0.3, 0.4) is 0 Å². The van der Waals surface area contributed by atoms with E-state index in [1.807, 2.05) is 35.2 Å². The van der Waals surface area contributed by atoms with Crippen LogP contribution in [-0.2, 0) is 29.0 Å². The molecule has 0 aromatic heterocycles. The van der Waals surface area contributed by atoms with E-state index < -0.39 is 5.54 Å². The van der Waals surface area contributed by atoms with E-state index in [9.17, 15) is 9.59 Å². The van der Waals surface area contributed by atoms with E-state index in [0.717, 1.165) is 24.8 Å². The third kappa shape index (κ3) is 5.00. The van der Waals surface area contributed by atoms with Gasteiger partial charge in [0, 0.05) is 19.5 Å². The molecular weight excluding hydrogens is 476 g/mol. The summed E-state index contributed by atoms with van der Waals surface area (Å²) in [4.78, 5) is 29.5. The number of amides is 2. The maximum Gasteiger partial charge on any atom is 0.250 e. The molecule has 0 saturated heterocycles. The Kier molecular flexibility index (Phi) is 7.41. The molecule has 3 aromatic carbocycles. The summed E-state index contributed by atoms with van der Waals surface area (Å²) in [5.41, 5.74) is 3.38. The molecule has 38 heavy (non-hydrogen) atoms. The number of fused-ring (bicyclic) bond motifs is 2. The summed E-state index contributed by atoms with van der Waals surface area (Å²) in [7, 11) is 3.17.